The van der Waals surface area contributed by atoms with E-state index in [2.05, 4.69) is 20.3 Å². The van der Waals surface area contributed by atoms with E-state index in [1.807, 2.05) is 6.92 Å². The van der Waals surface area contributed by atoms with Crippen molar-refractivity contribution in [2.24, 2.45) is 11.1 Å². The largest absolute Gasteiger partial charge is 0.477 e. The minimum Gasteiger partial charge on any atom is -0.477 e. The van der Waals surface area contributed by atoms with Gasteiger partial charge in [0.15, 0.2) is 10.8 Å². The summed E-state index contributed by atoms with van der Waals surface area (Å²) in [6.07, 6.45) is 2.10. The molecule has 3 heterocycles. The van der Waals surface area contributed by atoms with Crippen LogP contribution in [0.1, 0.15) is 19.0 Å². The first-order valence-electron chi connectivity index (χ1n) is 7.75. The summed E-state index contributed by atoms with van der Waals surface area (Å²) in [7, 11) is 1.28. The molecule has 11 heteroatoms. The van der Waals surface area contributed by atoms with E-state index in [4.69, 9.17) is 5.73 Å². The van der Waals surface area contributed by atoms with Crippen LogP contribution in [0, 0.1) is 5.92 Å². The van der Waals surface area contributed by atoms with Crippen LogP contribution in [0.25, 0.3) is 0 Å². The molecule has 2 aliphatic rings. The molecule has 0 unspecified atom stereocenters. The molecule has 1 aromatic heterocycles. The first-order valence-corrected chi connectivity index (χ1v) is 8.63. The standard InChI is InChI=1S/C15H17N5O5S/c1-6-3-8-11(13(22)20(8)9(4-6)14(23)24)18-12(21)10(19-25-2)7-5-26-15(16)17-7/h4-6,8,11H,3H2,1-2H3,(H2,16,17)(H,18,21)(H,23,24)/t6-,8-,11+/m0/s1. The first-order chi connectivity index (χ1) is 12.3. The number of amides is 2. The molecule has 26 heavy (non-hydrogen) atoms. The average Bonchev–Trinajstić information content (AvgIpc) is 3.02. The number of nitrogens with zero attached hydrogens (tertiary/aromatic N) is 3. The van der Waals surface area contributed by atoms with Crippen molar-refractivity contribution in [1.29, 1.82) is 0 Å². The number of aromatic nitrogens is 1. The number of carbonyl (C=O) groups is 3. The van der Waals surface area contributed by atoms with Gasteiger partial charge < -0.3 is 21.0 Å². The molecular formula is C15H17N5O5S. The maximum absolute atomic E-state index is 12.6. The number of nitrogen functional groups attached to an aromatic ring is 1. The highest BCUT2D eigenvalue weighted by atomic mass is 32.1. The van der Waals surface area contributed by atoms with E-state index in [1.54, 1.807) is 11.5 Å². The molecule has 2 aliphatic heterocycles. The van der Waals surface area contributed by atoms with Gasteiger partial charge in [0, 0.05) is 5.38 Å². The number of hydrogen-bond acceptors (Lipinski definition) is 8. The molecule has 138 valence electrons. The molecule has 0 aliphatic carbocycles. The molecule has 3 atom stereocenters. The molecule has 4 N–H and O–H groups in total. The van der Waals surface area contributed by atoms with Gasteiger partial charge in [0.1, 0.15) is 24.5 Å². The fourth-order valence-electron chi connectivity index (χ4n) is 3.12. The minimum absolute atomic E-state index is 0.0275. The maximum atomic E-state index is 12.6. The number of nitrogens with one attached hydrogen (secondary N) is 1. The number of aliphatic carboxylic acids is 1. The van der Waals surface area contributed by atoms with E-state index in [0.717, 1.165) is 11.3 Å². The predicted octanol–water partition coefficient (Wildman–Crippen LogP) is -0.220. The zero-order valence-electron chi connectivity index (χ0n) is 14.0. The van der Waals surface area contributed by atoms with Crippen molar-refractivity contribution in [2.75, 3.05) is 12.8 Å². The number of fused-ring (bicyclic) bond motifs is 1. The highest BCUT2D eigenvalue weighted by molar-refractivity contribution is 7.13. The number of carboxylic acids is 1. The summed E-state index contributed by atoms with van der Waals surface area (Å²) < 4.78 is 0. The third kappa shape index (κ3) is 3.01. The van der Waals surface area contributed by atoms with Crippen LogP contribution in [0.5, 0.6) is 0 Å². The average molecular weight is 379 g/mol. The summed E-state index contributed by atoms with van der Waals surface area (Å²) in [5.41, 5.74) is 5.65. The highest BCUT2D eigenvalue weighted by Crippen LogP contribution is 2.35. The van der Waals surface area contributed by atoms with Gasteiger partial charge in [-0.3, -0.25) is 14.5 Å². The molecule has 0 radical (unpaired) electrons. The van der Waals surface area contributed by atoms with Gasteiger partial charge in [0.05, 0.1) is 6.04 Å². The van der Waals surface area contributed by atoms with Gasteiger partial charge in [-0.1, -0.05) is 18.2 Å². The monoisotopic (exact) mass is 379 g/mol. The van der Waals surface area contributed by atoms with Gasteiger partial charge in [-0.2, -0.15) is 0 Å². The minimum atomic E-state index is -1.17. The molecule has 0 saturated carbocycles. The first kappa shape index (κ1) is 17.9. The van der Waals surface area contributed by atoms with Gasteiger partial charge in [-0.05, 0) is 12.3 Å². The molecular weight excluding hydrogens is 362 g/mol. The Balaban J connectivity index is 1.78. The van der Waals surface area contributed by atoms with Crippen LogP contribution in [0.4, 0.5) is 5.13 Å². The van der Waals surface area contributed by atoms with Crippen LogP contribution in [0.3, 0.4) is 0 Å². The summed E-state index contributed by atoms with van der Waals surface area (Å²) in [5, 5.41) is 17.4. The molecule has 0 aromatic carbocycles. The lowest BCUT2D eigenvalue weighted by Gasteiger charge is -2.50. The van der Waals surface area contributed by atoms with E-state index in [0.29, 0.717) is 6.42 Å². The van der Waals surface area contributed by atoms with Gasteiger partial charge in [0.2, 0.25) is 0 Å². The summed E-state index contributed by atoms with van der Waals surface area (Å²) in [6, 6.07) is -1.24. The Bertz CT molecular complexity index is 832. The molecule has 0 bridgehead atoms. The number of allylic oxidation sites excluding steroid dienone is 1. The number of rotatable bonds is 5. The van der Waals surface area contributed by atoms with E-state index < -0.39 is 29.9 Å². The fourth-order valence-corrected chi connectivity index (χ4v) is 3.66. The Labute approximate surface area is 152 Å². The fraction of sp³-hybridized carbons (Fsp3) is 0.400. The Morgan fingerprint density at radius 2 is 2.27 bits per heavy atom. The third-order valence-corrected chi connectivity index (χ3v) is 4.88. The van der Waals surface area contributed by atoms with Crippen molar-refractivity contribution in [3.05, 3.63) is 22.8 Å². The number of carbonyl (C=O) groups excluding carboxylic acids is 2. The Kier molecular flexibility index (Phi) is 4.64. The summed E-state index contributed by atoms with van der Waals surface area (Å²) >= 11 is 1.14. The number of thiazole rings is 1. The Morgan fingerprint density at radius 1 is 1.54 bits per heavy atom. The van der Waals surface area contributed by atoms with Gasteiger partial charge >= 0.3 is 5.97 Å². The van der Waals surface area contributed by atoms with Crippen molar-refractivity contribution in [2.45, 2.75) is 25.4 Å². The lowest BCUT2D eigenvalue weighted by molar-refractivity contribution is -0.155. The number of carboxylic acid groups (broad SMARTS) is 1. The molecule has 2 amide bonds. The van der Waals surface area contributed by atoms with Crippen LogP contribution in [0.2, 0.25) is 0 Å². The Hall–Kier alpha value is -2.95. The van der Waals surface area contributed by atoms with Crippen LogP contribution >= 0.6 is 11.3 Å². The van der Waals surface area contributed by atoms with Gasteiger partial charge in [-0.15, -0.1) is 11.3 Å². The quantitative estimate of drug-likeness (QED) is 0.364. The topological polar surface area (TPSA) is 147 Å². The predicted molar refractivity (Wildman–Crippen MR) is 92.1 cm³/mol. The lowest BCUT2D eigenvalue weighted by atomic mass is 9.82. The Morgan fingerprint density at radius 3 is 2.85 bits per heavy atom. The lowest BCUT2D eigenvalue weighted by Crippen LogP contribution is -2.72. The van der Waals surface area contributed by atoms with E-state index in [-0.39, 0.29) is 28.2 Å². The smallest absolute Gasteiger partial charge is 0.352 e. The second kappa shape index (κ2) is 6.75. The van der Waals surface area contributed by atoms with Crippen LogP contribution in [0.15, 0.2) is 22.3 Å². The van der Waals surface area contributed by atoms with Crippen LogP contribution < -0.4 is 11.1 Å². The normalized spacial score (nSPS) is 25.1. The number of β-lactam (4-membered cyclic amide) rings is 1. The van der Waals surface area contributed by atoms with Crippen molar-refractivity contribution in [3.8, 4) is 0 Å². The van der Waals surface area contributed by atoms with E-state index in [9.17, 15) is 19.5 Å². The number of oxime groups is 1. The summed E-state index contributed by atoms with van der Waals surface area (Å²) in [6.45, 7) is 1.86. The van der Waals surface area contributed by atoms with Crippen molar-refractivity contribution in [3.63, 3.8) is 0 Å². The van der Waals surface area contributed by atoms with Crippen LogP contribution in [-0.2, 0) is 19.2 Å². The molecule has 0 spiro atoms. The van der Waals surface area contributed by atoms with Crippen molar-refractivity contribution < 1.29 is 24.3 Å². The molecule has 10 nitrogen and oxygen atoms in total. The molecule has 3 rings (SSSR count). The zero-order chi connectivity index (χ0) is 19.0. The zero-order valence-corrected chi connectivity index (χ0v) is 14.8. The summed E-state index contributed by atoms with van der Waals surface area (Å²) in [4.78, 5) is 46.2. The van der Waals surface area contributed by atoms with E-state index in [1.165, 1.54) is 12.0 Å². The number of anilines is 1. The molecule has 1 saturated heterocycles. The molecule has 1 fully saturated rings. The van der Waals surface area contributed by atoms with Gasteiger partial charge in [-0.25, -0.2) is 9.78 Å². The second-order valence-corrected chi connectivity index (χ2v) is 6.88. The van der Waals surface area contributed by atoms with Gasteiger partial charge in [0.25, 0.3) is 11.8 Å². The summed E-state index contributed by atoms with van der Waals surface area (Å²) in [5.74, 6) is -2.31. The maximum Gasteiger partial charge on any atom is 0.352 e. The van der Waals surface area contributed by atoms with E-state index >= 15 is 0 Å². The van der Waals surface area contributed by atoms with Crippen LogP contribution in [-0.4, -0.2) is 57.7 Å². The number of nitrogens with two attached hydrogens (primary N) is 1. The second-order valence-electron chi connectivity index (χ2n) is 5.99. The van der Waals surface area contributed by atoms with Crippen molar-refractivity contribution in [1.82, 2.24) is 15.2 Å². The highest BCUT2D eigenvalue weighted by Gasteiger charge is 2.53. The van der Waals surface area contributed by atoms with Crippen molar-refractivity contribution >= 4 is 40.0 Å². The SMILES string of the molecule is CON=C(C(=O)N[C@H]1C(=O)N2C(C(=O)O)=C[C@@H](C)C[C@@H]12)c1csc(N)n1. The number of hydrogen-bond donors (Lipinski definition) is 3. The third-order valence-electron chi connectivity index (χ3n) is 4.20. The molecule has 1 aromatic rings.